The van der Waals surface area contributed by atoms with Gasteiger partial charge in [-0.05, 0) is 67.5 Å². The molecule has 2 N–H and O–H groups in total. The molecule has 0 aromatic heterocycles. The van der Waals surface area contributed by atoms with Crippen molar-refractivity contribution < 1.29 is 19.1 Å². The molecule has 1 unspecified atom stereocenters. The number of benzene rings is 2. The number of nitrogens with one attached hydrogen (secondary N) is 2. The molecule has 3 rings (SSSR count). The van der Waals surface area contributed by atoms with E-state index in [1.807, 2.05) is 13.0 Å². The third-order valence-electron chi connectivity index (χ3n) is 5.09. The summed E-state index contributed by atoms with van der Waals surface area (Å²) in [5, 5.41) is 5.33. The molecule has 0 bridgehead atoms. The summed E-state index contributed by atoms with van der Waals surface area (Å²) < 4.78 is 5.73. The van der Waals surface area contributed by atoms with Crippen molar-refractivity contribution in [2.75, 3.05) is 13.2 Å². The van der Waals surface area contributed by atoms with Crippen LogP contribution in [-0.2, 0) is 27.2 Å². The van der Waals surface area contributed by atoms with Crippen LogP contribution in [0.25, 0.3) is 0 Å². The molecule has 0 fully saturated rings. The fraction of sp³-hybridized carbons (Fsp3) is 0.348. The van der Waals surface area contributed by atoms with Gasteiger partial charge in [-0.3, -0.25) is 14.4 Å². The normalized spacial score (nSPS) is 13.7. The number of halogens is 1. The van der Waals surface area contributed by atoms with Crippen molar-refractivity contribution in [3.05, 3.63) is 69.2 Å². The van der Waals surface area contributed by atoms with Gasteiger partial charge in [-0.2, -0.15) is 0 Å². The Morgan fingerprint density at radius 1 is 1.07 bits per heavy atom. The molecule has 2 amide bonds. The van der Waals surface area contributed by atoms with Gasteiger partial charge in [-0.1, -0.05) is 40.2 Å². The standard InChI is InChI=1S/C23H25BrN2O4/c1-15(17-10-9-16-5-2-3-6-18(16)11-17)26-21(27)14-30-22(28)13-25-23(29)19-7-4-8-20(24)12-19/h4,7-12,15H,2-3,5-6,13-14H2,1H3,(H,25,29)(H,26,27). The number of ether oxygens (including phenoxy) is 1. The van der Waals surface area contributed by atoms with Crippen molar-refractivity contribution in [1.82, 2.24) is 10.6 Å². The molecule has 0 heterocycles. The lowest BCUT2D eigenvalue weighted by Crippen LogP contribution is -2.34. The third kappa shape index (κ3) is 6.16. The summed E-state index contributed by atoms with van der Waals surface area (Å²) in [6, 6.07) is 13.0. The van der Waals surface area contributed by atoms with Gasteiger partial charge in [0, 0.05) is 10.0 Å². The number of esters is 1. The smallest absolute Gasteiger partial charge is 0.325 e. The van der Waals surface area contributed by atoms with E-state index >= 15 is 0 Å². The molecule has 1 aliphatic rings. The number of aryl methyl sites for hydroxylation is 2. The summed E-state index contributed by atoms with van der Waals surface area (Å²) >= 11 is 3.29. The topological polar surface area (TPSA) is 84.5 Å². The molecule has 7 heteroatoms. The average Bonchev–Trinajstić information content (AvgIpc) is 2.75. The number of amides is 2. The maximum Gasteiger partial charge on any atom is 0.325 e. The van der Waals surface area contributed by atoms with E-state index in [1.165, 1.54) is 24.0 Å². The quantitative estimate of drug-likeness (QED) is 0.604. The molecule has 0 radical (unpaired) electrons. The van der Waals surface area contributed by atoms with E-state index in [0.717, 1.165) is 22.9 Å². The zero-order chi connectivity index (χ0) is 21.5. The summed E-state index contributed by atoms with van der Waals surface area (Å²) in [6.45, 7) is 1.21. The molecule has 0 spiro atoms. The molecule has 6 nitrogen and oxygen atoms in total. The van der Waals surface area contributed by atoms with E-state index < -0.39 is 11.9 Å². The van der Waals surface area contributed by atoms with Gasteiger partial charge >= 0.3 is 5.97 Å². The van der Waals surface area contributed by atoms with Gasteiger partial charge in [0.1, 0.15) is 6.54 Å². The van der Waals surface area contributed by atoms with Crippen LogP contribution < -0.4 is 10.6 Å². The van der Waals surface area contributed by atoms with E-state index in [9.17, 15) is 14.4 Å². The highest BCUT2D eigenvalue weighted by Crippen LogP contribution is 2.24. The fourth-order valence-electron chi connectivity index (χ4n) is 3.47. The van der Waals surface area contributed by atoms with Gasteiger partial charge in [-0.15, -0.1) is 0 Å². The second kappa shape index (κ2) is 10.4. The summed E-state index contributed by atoms with van der Waals surface area (Å²) in [7, 11) is 0. The van der Waals surface area contributed by atoms with Gasteiger partial charge in [-0.25, -0.2) is 0 Å². The van der Waals surface area contributed by atoms with Crippen molar-refractivity contribution in [2.24, 2.45) is 0 Å². The average molecular weight is 473 g/mol. The van der Waals surface area contributed by atoms with Gasteiger partial charge < -0.3 is 15.4 Å². The maximum absolute atomic E-state index is 12.1. The Balaban J connectivity index is 1.41. The Kier molecular flexibility index (Phi) is 7.63. The summed E-state index contributed by atoms with van der Waals surface area (Å²) in [4.78, 5) is 36.0. The van der Waals surface area contributed by atoms with Crippen LogP contribution in [0.3, 0.4) is 0 Å². The number of carbonyl (C=O) groups excluding carboxylic acids is 3. The van der Waals surface area contributed by atoms with Gasteiger partial charge in [0.2, 0.25) is 0 Å². The Bertz CT molecular complexity index is 945. The van der Waals surface area contributed by atoms with Crippen molar-refractivity contribution in [3.8, 4) is 0 Å². The molecule has 0 saturated heterocycles. The van der Waals surface area contributed by atoms with Crippen LogP contribution >= 0.6 is 15.9 Å². The SMILES string of the molecule is CC(NC(=O)COC(=O)CNC(=O)c1cccc(Br)c1)c1ccc2c(c1)CCCC2. The molecular formula is C23H25BrN2O4. The molecule has 2 aromatic carbocycles. The highest BCUT2D eigenvalue weighted by molar-refractivity contribution is 9.10. The van der Waals surface area contributed by atoms with Crippen molar-refractivity contribution in [2.45, 2.75) is 38.6 Å². The molecule has 0 saturated carbocycles. The number of hydrogen-bond donors (Lipinski definition) is 2. The van der Waals surface area contributed by atoms with Crippen LogP contribution in [0.4, 0.5) is 0 Å². The van der Waals surface area contributed by atoms with Gasteiger partial charge in [0.05, 0.1) is 6.04 Å². The molecule has 158 valence electrons. The van der Waals surface area contributed by atoms with Crippen molar-refractivity contribution in [3.63, 3.8) is 0 Å². The van der Waals surface area contributed by atoms with Gasteiger partial charge in [0.15, 0.2) is 6.61 Å². The Morgan fingerprint density at radius 2 is 1.83 bits per heavy atom. The number of fused-ring (bicyclic) bond motifs is 1. The minimum absolute atomic E-state index is 0.181. The highest BCUT2D eigenvalue weighted by atomic mass is 79.9. The van der Waals surface area contributed by atoms with E-state index in [-0.39, 0.29) is 25.1 Å². The predicted octanol–water partition coefficient (Wildman–Crippen LogP) is 3.48. The largest absolute Gasteiger partial charge is 0.454 e. The lowest BCUT2D eigenvalue weighted by atomic mass is 9.89. The zero-order valence-electron chi connectivity index (χ0n) is 16.9. The Labute approximate surface area is 184 Å². The van der Waals surface area contributed by atoms with Crippen LogP contribution in [0.5, 0.6) is 0 Å². The maximum atomic E-state index is 12.1. The molecule has 1 atom stereocenters. The van der Waals surface area contributed by atoms with Gasteiger partial charge in [0.25, 0.3) is 11.8 Å². The van der Waals surface area contributed by atoms with Crippen molar-refractivity contribution in [1.29, 1.82) is 0 Å². The van der Waals surface area contributed by atoms with E-state index in [1.54, 1.807) is 24.3 Å². The Morgan fingerprint density at radius 3 is 2.60 bits per heavy atom. The number of hydrogen-bond acceptors (Lipinski definition) is 4. The first-order valence-electron chi connectivity index (χ1n) is 10.0. The lowest BCUT2D eigenvalue weighted by molar-refractivity contribution is -0.147. The number of rotatable bonds is 7. The monoisotopic (exact) mass is 472 g/mol. The lowest BCUT2D eigenvalue weighted by Gasteiger charge is -2.20. The van der Waals surface area contributed by atoms with Crippen LogP contribution in [0.15, 0.2) is 46.9 Å². The molecule has 0 aliphatic heterocycles. The van der Waals surface area contributed by atoms with E-state index in [0.29, 0.717) is 5.56 Å². The highest BCUT2D eigenvalue weighted by Gasteiger charge is 2.16. The first kappa shape index (κ1) is 22.0. The summed E-state index contributed by atoms with van der Waals surface area (Å²) in [6.07, 6.45) is 4.62. The Hall–Kier alpha value is -2.67. The summed E-state index contributed by atoms with van der Waals surface area (Å²) in [5.41, 5.74) is 4.21. The van der Waals surface area contributed by atoms with Crippen LogP contribution in [-0.4, -0.2) is 30.9 Å². The molecule has 2 aromatic rings. The molecular weight excluding hydrogens is 448 g/mol. The zero-order valence-corrected chi connectivity index (χ0v) is 18.5. The van der Waals surface area contributed by atoms with Crippen LogP contribution in [0, 0.1) is 0 Å². The van der Waals surface area contributed by atoms with Crippen LogP contribution in [0.1, 0.15) is 52.9 Å². The van der Waals surface area contributed by atoms with E-state index in [4.69, 9.17) is 4.74 Å². The molecule has 1 aliphatic carbocycles. The van der Waals surface area contributed by atoms with E-state index in [2.05, 4.69) is 38.7 Å². The fourth-order valence-corrected chi connectivity index (χ4v) is 3.87. The summed E-state index contributed by atoms with van der Waals surface area (Å²) in [5.74, 6) is -1.44. The first-order chi connectivity index (χ1) is 14.4. The minimum atomic E-state index is -0.671. The van der Waals surface area contributed by atoms with Crippen LogP contribution in [0.2, 0.25) is 0 Å². The number of carbonyl (C=O) groups is 3. The molecule has 30 heavy (non-hydrogen) atoms. The second-order valence-corrected chi connectivity index (χ2v) is 8.29. The minimum Gasteiger partial charge on any atom is -0.454 e. The third-order valence-corrected chi connectivity index (χ3v) is 5.59. The van der Waals surface area contributed by atoms with Crippen molar-refractivity contribution >= 4 is 33.7 Å². The first-order valence-corrected chi connectivity index (χ1v) is 10.8. The predicted molar refractivity (Wildman–Crippen MR) is 117 cm³/mol. The second-order valence-electron chi connectivity index (χ2n) is 7.38.